The maximum Gasteiger partial charge on any atom is 0.316 e. The van der Waals surface area contributed by atoms with Gasteiger partial charge in [-0.3, -0.25) is 0 Å². The first kappa shape index (κ1) is 21.6. The summed E-state index contributed by atoms with van der Waals surface area (Å²) >= 11 is 0. The SMILES string of the molecule is COc1cc(C(COc2nc(C)cc(C)n2)P2(=O)C[C@@H](C)[C@@H](C)C2)cc(C)c1O. The van der Waals surface area contributed by atoms with Gasteiger partial charge in [0.2, 0.25) is 0 Å². The molecular weight excluding hydrogens is 387 g/mol. The molecule has 0 aliphatic carbocycles. The number of aryl methyl sites for hydroxylation is 3. The minimum Gasteiger partial charge on any atom is -0.504 e. The summed E-state index contributed by atoms with van der Waals surface area (Å²) in [5.74, 6) is 1.31. The molecule has 0 amide bonds. The number of nitrogens with zero attached hydrogens (tertiary/aromatic N) is 2. The number of hydrogen-bond acceptors (Lipinski definition) is 6. The van der Waals surface area contributed by atoms with Crippen LogP contribution in [-0.4, -0.2) is 41.1 Å². The fourth-order valence-electron chi connectivity index (χ4n) is 4.20. The largest absolute Gasteiger partial charge is 0.504 e. The van der Waals surface area contributed by atoms with E-state index in [9.17, 15) is 9.67 Å². The van der Waals surface area contributed by atoms with Gasteiger partial charge in [0.15, 0.2) is 11.5 Å². The van der Waals surface area contributed by atoms with Crippen LogP contribution in [-0.2, 0) is 4.57 Å². The van der Waals surface area contributed by atoms with Crippen molar-refractivity contribution in [3.63, 3.8) is 0 Å². The van der Waals surface area contributed by atoms with Crippen LogP contribution >= 0.6 is 7.14 Å². The number of phenols is 1. The van der Waals surface area contributed by atoms with Crippen molar-refractivity contribution in [1.29, 1.82) is 0 Å². The molecule has 0 radical (unpaired) electrons. The highest BCUT2D eigenvalue weighted by atomic mass is 31.2. The van der Waals surface area contributed by atoms with Crippen LogP contribution in [0.3, 0.4) is 0 Å². The van der Waals surface area contributed by atoms with Gasteiger partial charge in [-0.15, -0.1) is 0 Å². The maximum atomic E-state index is 14.1. The van der Waals surface area contributed by atoms with E-state index in [1.807, 2.05) is 32.9 Å². The number of benzene rings is 1. The molecule has 2 aromatic rings. The Bertz CT molecular complexity index is 912. The van der Waals surface area contributed by atoms with Crippen molar-refractivity contribution >= 4 is 7.14 Å². The Hall–Kier alpha value is -2.07. The highest BCUT2D eigenvalue weighted by molar-refractivity contribution is 7.64. The lowest BCUT2D eigenvalue weighted by atomic mass is 10.0. The molecule has 1 aliphatic heterocycles. The van der Waals surface area contributed by atoms with E-state index in [0.717, 1.165) is 17.0 Å². The van der Waals surface area contributed by atoms with E-state index in [2.05, 4.69) is 23.8 Å². The normalized spacial score (nSPS) is 25.0. The summed E-state index contributed by atoms with van der Waals surface area (Å²) in [6, 6.07) is 5.87. The molecule has 1 fully saturated rings. The molecular formula is C22H31N2O4P. The quantitative estimate of drug-likeness (QED) is 0.673. The third-order valence-electron chi connectivity index (χ3n) is 5.96. The Morgan fingerprint density at radius 2 is 1.69 bits per heavy atom. The predicted octanol–water partition coefficient (Wildman–Crippen LogP) is 4.89. The predicted molar refractivity (Wildman–Crippen MR) is 115 cm³/mol. The molecule has 4 atom stereocenters. The topological polar surface area (TPSA) is 81.5 Å². The van der Waals surface area contributed by atoms with Crippen LogP contribution in [0.2, 0.25) is 0 Å². The van der Waals surface area contributed by atoms with Gasteiger partial charge in [-0.25, -0.2) is 9.97 Å². The van der Waals surface area contributed by atoms with E-state index in [4.69, 9.17) is 9.47 Å². The number of rotatable bonds is 6. The summed E-state index contributed by atoms with van der Waals surface area (Å²) in [7, 11) is -1.04. The van der Waals surface area contributed by atoms with Crippen LogP contribution in [0.15, 0.2) is 18.2 Å². The van der Waals surface area contributed by atoms with Gasteiger partial charge in [0.05, 0.1) is 19.9 Å². The Labute approximate surface area is 173 Å². The highest BCUT2D eigenvalue weighted by Crippen LogP contribution is 2.66. The molecule has 3 rings (SSSR count). The lowest BCUT2D eigenvalue weighted by Crippen LogP contribution is -2.15. The van der Waals surface area contributed by atoms with Crippen LogP contribution in [0.1, 0.15) is 42.0 Å². The molecule has 1 saturated heterocycles. The molecule has 2 unspecified atom stereocenters. The molecule has 1 N–H and O–H groups in total. The van der Waals surface area contributed by atoms with Gasteiger partial charge in [-0.1, -0.05) is 19.9 Å². The summed E-state index contributed by atoms with van der Waals surface area (Å²) in [6.45, 7) is 10.2. The number of aromatic nitrogens is 2. The van der Waals surface area contributed by atoms with Gasteiger partial charge < -0.3 is 19.1 Å². The molecule has 0 spiro atoms. The van der Waals surface area contributed by atoms with Crippen molar-refractivity contribution < 1.29 is 19.1 Å². The van der Waals surface area contributed by atoms with Gasteiger partial charge in [0, 0.05) is 23.7 Å². The van der Waals surface area contributed by atoms with Gasteiger partial charge in [-0.05, 0) is 55.9 Å². The van der Waals surface area contributed by atoms with E-state index in [-0.39, 0.29) is 18.0 Å². The van der Waals surface area contributed by atoms with Crippen LogP contribution < -0.4 is 9.47 Å². The number of phenolic OH excluding ortho intramolecular Hbond substituents is 1. The van der Waals surface area contributed by atoms with Crippen molar-refractivity contribution in [3.8, 4) is 17.5 Å². The average Bonchev–Trinajstić information content (AvgIpc) is 2.89. The zero-order valence-electron chi connectivity index (χ0n) is 18.1. The lowest BCUT2D eigenvalue weighted by molar-refractivity contribution is 0.287. The fourth-order valence-corrected chi connectivity index (χ4v) is 8.57. The molecule has 1 aromatic carbocycles. The van der Waals surface area contributed by atoms with Crippen molar-refractivity contribution in [1.82, 2.24) is 9.97 Å². The number of methoxy groups -OCH3 is 1. The van der Waals surface area contributed by atoms with E-state index >= 15 is 0 Å². The van der Waals surface area contributed by atoms with Gasteiger partial charge in [0.25, 0.3) is 0 Å². The van der Waals surface area contributed by atoms with Crippen LogP contribution in [0.5, 0.6) is 17.5 Å². The molecule has 2 heterocycles. The fraction of sp³-hybridized carbons (Fsp3) is 0.545. The number of hydrogen-bond donors (Lipinski definition) is 1. The van der Waals surface area contributed by atoms with Crippen LogP contribution in [0.25, 0.3) is 0 Å². The second-order valence-electron chi connectivity index (χ2n) is 8.42. The summed E-state index contributed by atoms with van der Waals surface area (Å²) in [5, 5.41) is 10.2. The Kier molecular flexibility index (Phi) is 6.23. The minimum atomic E-state index is -2.56. The Morgan fingerprint density at radius 1 is 1.10 bits per heavy atom. The van der Waals surface area contributed by atoms with E-state index in [1.165, 1.54) is 7.11 Å². The minimum absolute atomic E-state index is 0.111. The van der Waals surface area contributed by atoms with Crippen molar-refractivity contribution in [3.05, 3.63) is 40.7 Å². The third-order valence-corrected chi connectivity index (χ3v) is 9.93. The van der Waals surface area contributed by atoms with Gasteiger partial charge in [-0.2, -0.15) is 0 Å². The summed E-state index contributed by atoms with van der Waals surface area (Å²) < 4.78 is 25.4. The molecule has 6 nitrogen and oxygen atoms in total. The van der Waals surface area contributed by atoms with Crippen molar-refractivity contribution in [2.75, 3.05) is 26.0 Å². The van der Waals surface area contributed by atoms with Crippen molar-refractivity contribution in [2.24, 2.45) is 11.8 Å². The lowest BCUT2D eigenvalue weighted by Gasteiger charge is -2.26. The van der Waals surface area contributed by atoms with Crippen LogP contribution in [0.4, 0.5) is 0 Å². The van der Waals surface area contributed by atoms with E-state index in [1.54, 1.807) is 6.07 Å². The Balaban J connectivity index is 1.98. The molecule has 0 bridgehead atoms. The second kappa shape index (κ2) is 8.35. The molecule has 158 valence electrons. The monoisotopic (exact) mass is 418 g/mol. The summed E-state index contributed by atoms with van der Waals surface area (Å²) in [5.41, 5.74) is 2.93. The Morgan fingerprint density at radius 3 is 2.24 bits per heavy atom. The molecule has 0 saturated carbocycles. The average molecular weight is 418 g/mol. The maximum absolute atomic E-state index is 14.1. The smallest absolute Gasteiger partial charge is 0.316 e. The summed E-state index contributed by atoms with van der Waals surface area (Å²) in [6.07, 6.45) is 1.39. The zero-order chi connectivity index (χ0) is 21.3. The first-order valence-electron chi connectivity index (χ1n) is 10.0. The first-order chi connectivity index (χ1) is 13.6. The molecule has 1 aromatic heterocycles. The molecule has 7 heteroatoms. The molecule has 29 heavy (non-hydrogen) atoms. The number of aromatic hydroxyl groups is 1. The second-order valence-corrected chi connectivity index (χ2v) is 11.7. The van der Waals surface area contributed by atoms with Gasteiger partial charge in [0.1, 0.15) is 6.61 Å². The van der Waals surface area contributed by atoms with Crippen molar-refractivity contribution in [2.45, 2.75) is 40.3 Å². The van der Waals surface area contributed by atoms with E-state index < -0.39 is 7.14 Å². The standard InChI is InChI=1S/C22H31N2O4P/c1-13-7-18(9-19(27-6)21(13)25)20(29(26)11-14(2)15(3)12-29)10-28-22-23-16(4)8-17(5)24-22/h7-9,14-15,20,25H,10-12H2,1-6H3/t14-,15+,20?,29?. The van der Waals surface area contributed by atoms with Gasteiger partial charge >= 0.3 is 6.01 Å². The van der Waals surface area contributed by atoms with Crippen LogP contribution in [0, 0.1) is 32.6 Å². The zero-order valence-corrected chi connectivity index (χ0v) is 19.0. The summed E-state index contributed by atoms with van der Waals surface area (Å²) in [4.78, 5) is 8.71. The molecule has 1 aliphatic rings. The third kappa shape index (κ3) is 4.58. The highest BCUT2D eigenvalue weighted by Gasteiger charge is 2.44. The van der Waals surface area contributed by atoms with E-state index in [0.29, 0.717) is 41.5 Å². The first-order valence-corrected chi connectivity index (χ1v) is 12.2. The number of ether oxygens (including phenoxy) is 2.